The van der Waals surface area contributed by atoms with Gasteiger partial charge >= 0.3 is 5.97 Å². The van der Waals surface area contributed by atoms with Crippen molar-refractivity contribution in [2.75, 3.05) is 14.2 Å². The van der Waals surface area contributed by atoms with Crippen molar-refractivity contribution in [2.45, 2.75) is 0 Å². The Labute approximate surface area is 244 Å². The predicted molar refractivity (Wildman–Crippen MR) is 161 cm³/mol. The average molecular weight is 610 g/mol. The van der Waals surface area contributed by atoms with Gasteiger partial charge in [0.1, 0.15) is 5.75 Å². The molecule has 1 amide bonds. The molecule has 5 aromatic rings. The fourth-order valence-electron chi connectivity index (χ4n) is 4.13. The second-order valence-corrected chi connectivity index (χ2v) is 9.64. The number of nitrogens with one attached hydrogen (secondary N) is 1. The van der Waals surface area contributed by atoms with Crippen LogP contribution in [0.25, 0.3) is 22.2 Å². The number of fused-ring (bicyclic) bond motifs is 1. The molecule has 0 saturated carbocycles. The van der Waals surface area contributed by atoms with Crippen molar-refractivity contribution in [2.24, 2.45) is 5.10 Å². The fourth-order valence-corrected chi connectivity index (χ4v) is 4.58. The lowest BCUT2D eigenvalue weighted by atomic mass is 10.0. The number of halogens is 1. The summed E-state index contributed by atoms with van der Waals surface area (Å²) in [5.74, 6) is 0.253. The molecule has 204 valence electrons. The molecule has 41 heavy (non-hydrogen) atoms. The Balaban J connectivity index is 1.37. The lowest BCUT2D eigenvalue weighted by Gasteiger charge is -2.11. The Bertz CT molecular complexity index is 1770. The zero-order valence-electron chi connectivity index (χ0n) is 22.1. The highest BCUT2D eigenvalue weighted by atomic mass is 79.9. The van der Waals surface area contributed by atoms with Gasteiger partial charge in [0.25, 0.3) is 5.91 Å². The number of carbonyl (C=O) groups is 2. The van der Waals surface area contributed by atoms with Gasteiger partial charge in [-0.2, -0.15) is 5.10 Å². The molecule has 0 radical (unpaired) electrons. The number of aromatic nitrogens is 1. The van der Waals surface area contributed by atoms with Crippen molar-refractivity contribution >= 4 is 44.9 Å². The van der Waals surface area contributed by atoms with E-state index in [-0.39, 0.29) is 5.75 Å². The van der Waals surface area contributed by atoms with Crippen LogP contribution in [0.5, 0.6) is 17.2 Å². The molecule has 0 bridgehead atoms. The summed E-state index contributed by atoms with van der Waals surface area (Å²) in [4.78, 5) is 30.7. The van der Waals surface area contributed by atoms with Crippen LogP contribution in [0.4, 0.5) is 0 Å². The molecule has 1 N–H and O–H groups in total. The Morgan fingerprint density at radius 2 is 1.61 bits per heavy atom. The van der Waals surface area contributed by atoms with Gasteiger partial charge in [-0.1, -0.05) is 42.5 Å². The van der Waals surface area contributed by atoms with E-state index in [1.165, 1.54) is 13.3 Å². The maximum absolute atomic E-state index is 13.3. The van der Waals surface area contributed by atoms with Crippen molar-refractivity contribution < 1.29 is 23.8 Å². The highest BCUT2D eigenvalue weighted by Gasteiger charge is 2.16. The Kier molecular flexibility index (Phi) is 8.36. The lowest BCUT2D eigenvalue weighted by Crippen LogP contribution is -2.18. The van der Waals surface area contributed by atoms with Gasteiger partial charge in [0.15, 0.2) is 11.5 Å². The summed E-state index contributed by atoms with van der Waals surface area (Å²) < 4.78 is 16.9. The van der Waals surface area contributed by atoms with E-state index in [9.17, 15) is 9.59 Å². The molecule has 0 aliphatic carbocycles. The van der Waals surface area contributed by atoms with Gasteiger partial charge in [-0.3, -0.25) is 4.79 Å². The summed E-state index contributed by atoms with van der Waals surface area (Å²) in [6, 6.07) is 28.7. The first-order valence-corrected chi connectivity index (χ1v) is 13.3. The van der Waals surface area contributed by atoms with E-state index in [0.29, 0.717) is 49.3 Å². The molecule has 4 aromatic carbocycles. The molecule has 0 aliphatic heterocycles. The highest BCUT2D eigenvalue weighted by molar-refractivity contribution is 9.10. The summed E-state index contributed by atoms with van der Waals surface area (Å²) in [7, 11) is 3.04. The first kappa shape index (κ1) is 27.5. The van der Waals surface area contributed by atoms with Crippen molar-refractivity contribution in [1.82, 2.24) is 10.4 Å². The molecule has 0 fully saturated rings. The van der Waals surface area contributed by atoms with E-state index < -0.39 is 11.9 Å². The van der Waals surface area contributed by atoms with E-state index in [2.05, 4.69) is 26.5 Å². The number of amides is 1. The van der Waals surface area contributed by atoms with Crippen molar-refractivity contribution in [3.8, 4) is 28.5 Å². The fraction of sp³-hybridized carbons (Fsp3) is 0.0625. The molecule has 0 spiro atoms. The normalized spacial score (nSPS) is 10.9. The summed E-state index contributed by atoms with van der Waals surface area (Å²) in [6.07, 6.45) is 1.47. The van der Waals surface area contributed by atoms with Crippen LogP contribution in [-0.2, 0) is 0 Å². The molecule has 8 nitrogen and oxygen atoms in total. The third kappa shape index (κ3) is 6.26. The Morgan fingerprint density at radius 3 is 2.37 bits per heavy atom. The van der Waals surface area contributed by atoms with Crippen LogP contribution in [-0.4, -0.2) is 37.3 Å². The van der Waals surface area contributed by atoms with Gasteiger partial charge < -0.3 is 14.2 Å². The van der Waals surface area contributed by atoms with Crippen molar-refractivity contribution in [3.63, 3.8) is 0 Å². The minimum atomic E-state index is -0.527. The van der Waals surface area contributed by atoms with Gasteiger partial charge in [0.05, 0.1) is 42.8 Å². The zero-order chi connectivity index (χ0) is 28.8. The molecule has 0 unspecified atom stereocenters. The second kappa shape index (κ2) is 12.4. The van der Waals surface area contributed by atoms with Crippen molar-refractivity contribution in [1.29, 1.82) is 0 Å². The Hall–Kier alpha value is -5.02. The molecule has 1 heterocycles. The summed E-state index contributed by atoms with van der Waals surface area (Å²) >= 11 is 3.36. The van der Waals surface area contributed by atoms with Gasteiger partial charge in [0, 0.05) is 15.4 Å². The molecule has 0 aliphatic rings. The third-order valence-electron chi connectivity index (χ3n) is 6.19. The number of ether oxygens (including phenoxy) is 3. The van der Waals surface area contributed by atoms with Crippen LogP contribution in [0.1, 0.15) is 26.3 Å². The largest absolute Gasteiger partial charge is 0.497 e. The molecule has 5 rings (SSSR count). The maximum atomic E-state index is 13.3. The number of hydrogen-bond acceptors (Lipinski definition) is 7. The number of hydrogen-bond donors (Lipinski definition) is 1. The predicted octanol–water partition coefficient (Wildman–Crippen LogP) is 6.66. The van der Waals surface area contributed by atoms with Gasteiger partial charge in [-0.25, -0.2) is 15.2 Å². The number of carbonyl (C=O) groups excluding carboxylic acids is 2. The number of hydrazone groups is 1. The first-order valence-electron chi connectivity index (χ1n) is 12.5. The quantitative estimate of drug-likeness (QED) is 0.0913. The molecular weight excluding hydrogens is 586 g/mol. The standard InChI is InChI=1S/C32H24BrN3O5/c1-39-22-13-14-27-24(17-22)25(18-28(35-27)21-8-4-3-5-9-21)31(37)36-34-19-20-12-15-29(30(16-20)40-2)41-32(38)23-10-6-7-11-26(23)33/h3-19H,1-2H3,(H,36,37). The van der Waals surface area contributed by atoms with Crippen LogP contribution in [0, 0.1) is 0 Å². The monoisotopic (exact) mass is 609 g/mol. The molecule has 0 atom stereocenters. The van der Waals surface area contributed by atoms with Crippen LogP contribution in [0.3, 0.4) is 0 Å². The maximum Gasteiger partial charge on any atom is 0.344 e. The smallest absolute Gasteiger partial charge is 0.344 e. The highest BCUT2D eigenvalue weighted by Crippen LogP contribution is 2.30. The minimum Gasteiger partial charge on any atom is -0.497 e. The van der Waals surface area contributed by atoms with E-state index in [4.69, 9.17) is 19.2 Å². The lowest BCUT2D eigenvalue weighted by molar-refractivity contribution is 0.0728. The number of esters is 1. The van der Waals surface area contributed by atoms with Crippen LogP contribution in [0.15, 0.2) is 107 Å². The van der Waals surface area contributed by atoms with Crippen LogP contribution >= 0.6 is 15.9 Å². The second-order valence-electron chi connectivity index (χ2n) is 8.78. The number of nitrogens with zero attached hydrogens (tertiary/aromatic N) is 2. The number of rotatable bonds is 8. The zero-order valence-corrected chi connectivity index (χ0v) is 23.7. The molecular formula is C32H24BrN3O5. The van der Waals surface area contributed by atoms with E-state index in [0.717, 1.165) is 5.56 Å². The van der Waals surface area contributed by atoms with E-state index in [1.807, 2.05) is 42.5 Å². The molecule has 0 saturated heterocycles. The van der Waals surface area contributed by atoms with E-state index >= 15 is 0 Å². The third-order valence-corrected chi connectivity index (χ3v) is 6.89. The molecule has 1 aromatic heterocycles. The SMILES string of the molecule is COc1ccc2nc(-c3ccccc3)cc(C(=O)NN=Cc3ccc(OC(=O)c4ccccc4Br)c(OC)c3)c2c1. The summed E-state index contributed by atoms with van der Waals surface area (Å²) in [5, 5.41) is 4.78. The molecule has 9 heteroatoms. The summed E-state index contributed by atoms with van der Waals surface area (Å²) in [6.45, 7) is 0. The number of benzene rings is 4. The van der Waals surface area contributed by atoms with Gasteiger partial charge in [-0.05, 0) is 76.1 Å². The van der Waals surface area contributed by atoms with E-state index in [1.54, 1.807) is 61.7 Å². The topological polar surface area (TPSA) is 99.1 Å². The van der Waals surface area contributed by atoms with Gasteiger partial charge in [0.2, 0.25) is 0 Å². The summed E-state index contributed by atoms with van der Waals surface area (Å²) in [5.41, 5.74) is 6.20. The minimum absolute atomic E-state index is 0.250. The average Bonchev–Trinajstić information content (AvgIpc) is 3.01. The Morgan fingerprint density at radius 1 is 0.829 bits per heavy atom. The van der Waals surface area contributed by atoms with Crippen LogP contribution < -0.4 is 19.6 Å². The number of methoxy groups -OCH3 is 2. The van der Waals surface area contributed by atoms with Crippen LogP contribution in [0.2, 0.25) is 0 Å². The first-order chi connectivity index (χ1) is 20.0. The number of pyridine rings is 1. The van der Waals surface area contributed by atoms with Crippen molar-refractivity contribution in [3.05, 3.63) is 118 Å². The van der Waals surface area contributed by atoms with Gasteiger partial charge in [-0.15, -0.1) is 0 Å².